The fourth-order valence-corrected chi connectivity index (χ4v) is 1.94. The van der Waals surface area contributed by atoms with Crippen molar-refractivity contribution >= 4 is 16.8 Å². The summed E-state index contributed by atoms with van der Waals surface area (Å²) in [7, 11) is 0. The van der Waals surface area contributed by atoms with Gasteiger partial charge in [0.1, 0.15) is 0 Å². The summed E-state index contributed by atoms with van der Waals surface area (Å²) in [5.41, 5.74) is 0.698. The molecule has 1 atom stereocenters. The molecule has 0 amide bonds. The summed E-state index contributed by atoms with van der Waals surface area (Å²) < 4.78 is 21.5. The van der Waals surface area contributed by atoms with Gasteiger partial charge in [-0.2, -0.15) is 0 Å². The molecule has 0 aliphatic heterocycles. The van der Waals surface area contributed by atoms with Crippen LogP contribution in [0.4, 0.5) is 5.69 Å². The third-order valence-electron chi connectivity index (χ3n) is 1.82. The van der Waals surface area contributed by atoms with Crippen molar-refractivity contribution in [3.05, 3.63) is 33.4 Å². The number of rotatable bonds is 2. The number of nitrogens with zero attached hydrogens (tertiary/aromatic N) is 1. The van der Waals surface area contributed by atoms with E-state index in [-0.39, 0.29) is 40.1 Å². The molecule has 0 aliphatic rings. The van der Waals surface area contributed by atoms with Crippen molar-refractivity contribution in [3.8, 4) is 0 Å². The predicted molar refractivity (Wildman–Crippen MR) is 49.8 cm³/mol. The van der Waals surface area contributed by atoms with Gasteiger partial charge in [-0.15, -0.1) is 0 Å². The Balaban J connectivity index is 0.00000196. The fourth-order valence-electron chi connectivity index (χ4n) is 1.30. The summed E-state index contributed by atoms with van der Waals surface area (Å²) in [5.74, 6) is 0. The Morgan fingerprint density at radius 1 is 1.27 bits per heavy atom. The maximum atomic E-state index is 10.8. The second-order valence-electron chi connectivity index (χ2n) is 2.90. The van der Waals surface area contributed by atoms with Gasteiger partial charge in [0.25, 0.3) is 5.69 Å². The molecule has 0 fully saturated rings. The van der Waals surface area contributed by atoms with E-state index in [1.165, 1.54) is 26.0 Å². The number of nitro benzene ring substituents is 1. The van der Waals surface area contributed by atoms with Crippen LogP contribution < -0.4 is 29.6 Å². The van der Waals surface area contributed by atoms with Gasteiger partial charge in [-0.25, -0.2) is 0 Å². The van der Waals surface area contributed by atoms with Crippen molar-refractivity contribution in [1.29, 1.82) is 0 Å². The number of nitro groups is 1. The average Bonchev–Trinajstić information content (AvgIpc) is 2.01. The zero-order valence-electron chi connectivity index (χ0n) is 8.64. The first-order valence-electron chi connectivity index (χ1n) is 3.78. The molecule has 1 aromatic rings. The zero-order chi connectivity index (χ0) is 10.9. The van der Waals surface area contributed by atoms with E-state index in [0.717, 1.165) is 0 Å². The maximum absolute atomic E-state index is 10.8. The molecule has 7 heteroatoms. The fraction of sp³-hybridized carbons (Fsp3) is 0.250. The molecule has 1 unspecified atom stereocenters. The molecule has 1 aromatic carbocycles. The number of hydrogen-bond donors (Lipinski definition) is 0. The van der Waals surface area contributed by atoms with Gasteiger partial charge >= 0.3 is 29.6 Å². The number of benzene rings is 1. The van der Waals surface area contributed by atoms with E-state index in [0.29, 0.717) is 11.1 Å². The van der Waals surface area contributed by atoms with Crippen LogP contribution in [0.3, 0.4) is 0 Å². The average molecular weight is 237 g/mol. The van der Waals surface area contributed by atoms with E-state index < -0.39 is 16.0 Å². The van der Waals surface area contributed by atoms with Crippen LogP contribution in [0, 0.1) is 24.0 Å². The summed E-state index contributed by atoms with van der Waals surface area (Å²) in [4.78, 5) is 10.0. The van der Waals surface area contributed by atoms with E-state index in [1.54, 1.807) is 0 Å². The van der Waals surface area contributed by atoms with Crippen molar-refractivity contribution in [2.75, 3.05) is 0 Å². The van der Waals surface area contributed by atoms with Crippen LogP contribution >= 0.6 is 0 Å². The summed E-state index contributed by atoms with van der Waals surface area (Å²) in [6, 6.07) is 2.50. The van der Waals surface area contributed by atoms with Crippen molar-refractivity contribution in [2.45, 2.75) is 18.7 Å². The normalized spacial score (nSPS) is 11.7. The smallest absolute Gasteiger partial charge is 0.768 e. The van der Waals surface area contributed by atoms with Crippen LogP contribution in [0.15, 0.2) is 17.0 Å². The van der Waals surface area contributed by atoms with Crippen molar-refractivity contribution in [3.63, 3.8) is 0 Å². The Kier molecular flexibility index (Phi) is 5.61. The molecule has 0 radical (unpaired) electrons. The molecule has 0 bridgehead atoms. The van der Waals surface area contributed by atoms with Crippen LogP contribution in [-0.2, 0) is 11.1 Å². The second-order valence-corrected chi connectivity index (χ2v) is 3.78. The second kappa shape index (κ2) is 5.72. The quantitative estimate of drug-likeness (QED) is 0.270. The van der Waals surface area contributed by atoms with Crippen molar-refractivity contribution in [2.24, 2.45) is 0 Å². The molecule has 0 spiro atoms. The largest absolute Gasteiger partial charge is 1.00 e. The molecule has 0 aromatic heterocycles. The summed E-state index contributed by atoms with van der Waals surface area (Å²) in [6.07, 6.45) is 0. The van der Waals surface area contributed by atoms with Gasteiger partial charge in [0.05, 0.1) is 4.92 Å². The molecular weight excluding hydrogens is 229 g/mol. The molecule has 0 N–H and O–H groups in total. The SMILES string of the molecule is Cc1cc([N+](=O)[O-])cc(C)c1S(=O)[O-].[Na+]. The summed E-state index contributed by atoms with van der Waals surface area (Å²) in [5, 5.41) is 10.4. The minimum absolute atomic E-state index is 0. The van der Waals surface area contributed by atoms with Gasteiger partial charge in [-0.1, -0.05) is 0 Å². The van der Waals surface area contributed by atoms with E-state index in [9.17, 15) is 18.9 Å². The molecule has 15 heavy (non-hydrogen) atoms. The Morgan fingerprint density at radius 2 is 1.67 bits per heavy atom. The summed E-state index contributed by atoms with van der Waals surface area (Å²) >= 11 is -2.35. The van der Waals surface area contributed by atoms with Crippen LogP contribution in [0.25, 0.3) is 0 Å². The summed E-state index contributed by atoms with van der Waals surface area (Å²) in [6.45, 7) is 3.07. The minimum atomic E-state index is -2.35. The molecule has 0 saturated heterocycles. The predicted octanol–water partition coefficient (Wildman–Crippen LogP) is -1.55. The standard InChI is InChI=1S/C8H9NO4S.Na/c1-5-3-7(9(10)11)4-6(2)8(5)14(12)13;/h3-4H,1-2H3,(H,12,13);/q;+1/p-1. The van der Waals surface area contributed by atoms with Crippen LogP contribution in [0.1, 0.15) is 11.1 Å². The van der Waals surface area contributed by atoms with Crippen LogP contribution in [-0.4, -0.2) is 13.7 Å². The third kappa shape index (κ3) is 3.35. The Morgan fingerprint density at radius 3 is 1.93 bits per heavy atom. The molecule has 5 nitrogen and oxygen atoms in total. The Hall–Kier alpha value is -0.270. The van der Waals surface area contributed by atoms with Gasteiger partial charge < -0.3 is 4.55 Å². The first-order chi connectivity index (χ1) is 6.43. The molecule has 76 valence electrons. The third-order valence-corrected chi connectivity index (χ3v) is 2.80. The van der Waals surface area contributed by atoms with Gasteiger partial charge in [0.2, 0.25) is 0 Å². The number of aryl methyl sites for hydroxylation is 2. The Bertz CT molecular complexity index is 398. The molecule has 0 saturated carbocycles. The molecule has 1 rings (SSSR count). The number of non-ortho nitro benzene ring substituents is 1. The van der Waals surface area contributed by atoms with Crippen molar-refractivity contribution < 1.29 is 43.2 Å². The molecule has 0 heterocycles. The van der Waals surface area contributed by atoms with Gasteiger partial charge in [-0.3, -0.25) is 14.3 Å². The molecule has 0 aliphatic carbocycles. The maximum Gasteiger partial charge on any atom is 1.00 e. The van der Waals surface area contributed by atoms with Crippen LogP contribution in [0.5, 0.6) is 0 Å². The van der Waals surface area contributed by atoms with E-state index in [2.05, 4.69) is 0 Å². The Labute approximate surface area is 112 Å². The monoisotopic (exact) mass is 237 g/mol. The van der Waals surface area contributed by atoms with Crippen molar-refractivity contribution in [1.82, 2.24) is 0 Å². The van der Waals surface area contributed by atoms with Gasteiger partial charge in [0.15, 0.2) is 0 Å². The minimum Gasteiger partial charge on any atom is -0.768 e. The van der Waals surface area contributed by atoms with Gasteiger partial charge in [0, 0.05) is 17.0 Å². The van der Waals surface area contributed by atoms with E-state index in [1.807, 2.05) is 0 Å². The molecular formula is C8H8NNaO4S. The van der Waals surface area contributed by atoms with E-state index in [4.69, 9.17) is 0 Å². The van der Waals surface area contributed by atoms with Crippen LogP contribution in [0.2, 0.25) is 0 Å². The first kappa shape index (κ1) is 14.7. The number of hydrogen-bond acceptors (Lipinski definition) is 4. The zero-order valence-corrected chi connectivity index (χ0v) is 11.5. The first-order valence-corrected chi connectivity index (χ1v) is 4.86. The topological polar surface area (TPSA) is 83.3 Å². The van der Waals surface area contributed by atoms with Gasteiger partial charge in [-0.05, 0) is 36.1 Å². The van der Waals surface area contributed by atoms with E-state index >= 15 is 0 Å².